The van der Waals surface area contributed by atoms with Crippen LogP contribution >= 0.6 is 22.6 Å². The molecule has 1 unspecified atom stereocenters. The van der Waals surface area contributed by atoms with Gasteiger partial charge in [-0.15, -0.1) is 0 Å². The molecular formula is C14H21IN2. The Morgan fingerprint density at radius 2 is 2.18 bits per heavy atom. The van der Waals surface area contributed by atoms with Gasteiger partial charge in [-0.05, 0) is 65.5 Å². The lowest BCUT2D eigenvalue weighted by atomic mass is 9.75. The first-order valence-electron chi connectivity index (χ1n) is 6.28. The summed E-state index contributed by atoms with van der Waals surface area (Å²) in [7, 11) is 0. The molecule has 2 nitrogen and oxygen atoms in total. The molecule has 0 aliphatic heterocycles. The van der Waals surface area contributed by atoms with Crippen molar-refractivity contribution < 1.29 is 0 Å². The third kappa shape index (κ3) is 3.50. The lowest BCUT2D eigenvalue weighted by Crippen LogP contribution is -2.31. The van der Waals surface area contributed by atoms with Gasteiger partial charge in [0.2, 0.25) is 0 Å². The first-order valence-corrected chi connectivity index (χ1v) is 7.36. The maximum atomic E-state index is 5.77. The van der Waals surface area contributed by atoms with Crippen molar-refractivity contribution >= 4 is 34.0 Å². The van der Waals surface area contributed by atoms with Crippen LogP contribution < -0.4 is 11.1 Å². The first kappa shape index (κ1) is 13.0. The van der Waals surface area contributed by atoms with Gasteiger partial charge in [0.1, 0.15) is 0 Å². The number of nitrogens with two attached hydrogens (primary N) is 1. The van der Waals surface area contributed by atoms with Gasteiger partial charge in [0.05, 0.1) is 0 Å². The summed E-state index contributed by atoms with van der Waals surface area (Å²) >= 11 is 2.35. The molecular weight excluding hydrogens is 323 g/mol. The molecule has 0 bridgehead atoms. The third-order valence-corrected chi connectivity index (χ3v) is 4.45. The topological polar surface area (TPSA) is 38.0 Å². The molecule has 2 rings (SSSR count). The van der Waals surface area contributed by atoms with E-state index in [0.717, 1.165) is 5.69 Å². The van der Waals surface area contributed by atoms with E-state index >= 15 is 0 Å². The van der Waals surface area contributed by atoms with Crippen molar-refractivity contribution in [1.82, 2.24) is 0 Å². The monoisotopic (exact) mass is 344 g/mol. The molecule has 94 valence electrons. The number of hydrogen-bond donors (Lipinski definition) is 2. The molecule has 0 aromatic heterocycles. The highest BCUT2D eigenvalue weighted by Crippen LogP contribution is 2.36. The van der Waals surface area contributed by atoms with Crippen molar-refractivity contribution in [3.63, 3.8) is 0 Å². The molecule has 1 fully saturated rings. The van der Waals surface area contributed by atoms with Crippen molar-refractivity contribution in [3.8, 4) is 0 Å². The standard InChI is InChI=1S/C14H21IN2/c1-14(2)7-3-4-11(9-14)17-13-6-5-10(16)8-12(13)15/h5-6,8,11,17H,3-4,7,9,16H2,1-2H3. The van der Waals surface area contributed by atoms with E-state index in [-0.39, 0.29) is 0 Å². The Bertz CT molecular complexity index is 401. The average Bonchev–Trinajstić information content (AvgIpc) is 2.21. The summed E-state index contributed by atoms with van der Waals surface area (Å²) in [5, 5.41) is 3.67. The zero-order chi connectivity index (χ0) is 12.5. The Balaban J connectivity index is 2.05. The molecule has 3 N–H and O–H groups in total. The molecule has 0 heterocycles. The molecule has 0 amide bonds. The van der Waals surface area contributed by atoms with E-state index < -0.39 is 0 Å². The Morgan fingerprint density at radius 1 is 1.41 bits per heavy atom. The number of nitrogen functional groups attached to an aromatic ring is 1. The number of anilines is 2. The summed E-state index contributed by atoms with van der Waals surface area (Å²) < 4.78 is 1.21. The van der Waals surface area contributed by atoms with Crippen molar-refractivity contribution in [1.29, 1.82) is 0 Å². The quantitative estimate of drug-likeness (QED) is 0.622. The predicted molar refractivity (Wildman–Crippen MR) is 83.2 cm³/mol. The van der Waals surface area contributed by atoms with E-state index in [1.807, 2.05) is 12.1 Å². The third-order valence-electron chi connectivity index (χ3n) is 3.56. The van der Waals surface area contributed by atoms with E-state index in [1.54, 1.807) is 0 Å². The van der Waals surface area contributed by atoms with Gasteiger partial charge in [0, 0.05) is 21.0 Å². The van der Waals surface area contributed by atoms with Crippen LogP contribution in [0.5, 0.6) is 0 Å². The normalized spacial score (nSPS) is 23.4. The van der Waals surface area contributed by atoms with Gasteiger partial charge in [-0.2, -0.15) is 0 Å². The van der Waals surface area contributed by atoms with Crippen LogP contribution in [0.15, 0.2) is 18.2 Å². The van der Waals surface area contributed by atoms with Crippen LogP contribution in [-0.4, -0.2) is 6.04 Å². The van der Waals surface area contributed by atoms with Crippen LogP contribution in [0.3, 0.4) is 0 Å². The van der Waals surface area contributed by atoms with Crippen LogP contribution in [0.1, 0.15) is 39.5 Å². The van der Waals surface area contributed by atoms with Gasteiger partial charge >= 0.3 is 0 Å². The van der Waals surface area contributed by atoms with Crippen LogP contribution in [0, 0.1) is 8.99 Å². The van der Waals surface area contributed by atoms with E-state index in [2.05, 4.69) is 47.8 Å². The van der Waals surface area contributed by atoms with E-state index in [1.165, 1.54) is 34.9 Å². The summed E-state index contributed by atoms with van der Waals surface area (Å²) in [4.78, 5) is 0. The highest BCUT2D eigenvalue weighted by molar-refractivity contribution is 14.1. The fourth-order valence-corrected chi connectivity index (χ4v) is 3.38. The van der Waals surface area contributed by atoms with E-state index in [0.29, 0.717) is 11.5 Å². The molecule has 1 aromatic carbocycles. The van der Waals surface area contributed by atoms with E-state index in [4.69, 9.17) is 5.73 Å². The van der Waals surface area contributed by atoms with Crippen LogP contribution in [0.25, 0.3) is 0 Å². The summed E-state index contributed by atoms with van der Waals surface area (Å²) in [6.45, 7) is 4.74. The predicted octanol–water partition coefficient (Wildman–Crippen LogP) is 4.25. The lowest BCUT2D eigenvalue weighted by molar-refractivity contribution is 0.229. The minimum Gasteiger partial charge on any atom is -0.399 e. The fraction of sp³-hybridized carbons (Fsp3) is 0.571. The van der Waals surface area contributed by atoms with Gasteiger partial charge in [-0.1, -0.05) is 20.3 Å². The summed E-state index contributed by atoms with van der Waals surface area (Å²) in [6.07, 6.45) is 5.22. The van der Waals surface area contributed by atoms with Crippen LogP contribution in [0.2, 0.25) is 0 Å². The van der Waals surface area contributed by atoms with Gasteiger partial charge < -0.3 is 11.1 Å². The number of halogens is 1. The summed E-state index contributed by atoms with van der Waals surface area (Å²) in [5.74, 6) is 0. The molecule has 0 radical (unpaired) electrons. The SMILES string of the molecule is CC1(C)CCCC(Nc2ccc(N)cc2I)C1. The van der Waals surface area contributed by atoms with Crippen molar-refractivity contribution in [2.45, 2.75) is 45.6 Å². The molecule has 1 aliphatic rings. The van der Waals surface area contributed by atoms with E-state index in [9.17, 15) is 0 Å². The first-order chi connectivity index (χ1) is 7.96. The summed E-state index contributed by atoms with van der Waals surface area (Å²) in [6, 6.07) is 6.70. The maximum Gasteiger partial charge on any atom is 0.0479 e. The molecule has 0 spiro atoms. The smallest absolute Gasteiger partial charge is 0.0479 e. The van der Waals surface area contributed by atoms with Gasteiger partial charge in [0.15, 0.2) is 0 Å². The molecule has 1 aliphatic carbocycles. The van der Waals surface area contributed by atoms with Crippen molar-refractivity contribution in [2.24, 2.45) is 5.41 Å². The van der Waals surface area contributed by atoms with Gasteiger partial charge in [-0.3, -0.25) is 0 Å². The maximum absolute atomic E-state index is 5.77. The van der Waals surface area contributed by atoms with Crippen molar-refractivity contribution in [2.75, 3.05) is 11.1 Å². The van der Waals surface area contributed by atoms with Gasteiger partial charge in [-0.25, -0.2) is 0 Å². The Kier molecular flexibility index (Phi) is 3.85. The lowest BCUT2D eigenvalue weighted by Gasteiger charge is -2.36. The zero-order valence-corrected chi connectivity index (χ0v) is 12.8. The number of benzene rings is 1. The largest absolute Gasteiger partial charge is 0.399 e. The Labute approximate surface area is 117 Å². The summed E-state index contributed by atoms with van der Waals surface area (Å²) in [5.41, 5.74) is 8.31. The molecule has 1 atom stereocenters. The second-order valence-corrected chi connectivity index (χ2v) is 7.00. The molecule has 3 heteroatoms. The average molecular weight is 344 g/mol. The Hall–Kier alpha value is -0.450. The zero-order valence-electron chi connectivity index (χ0n) is 10.6. The van der Waals surface area contributed by atoms with Crippen molar-refractivity contribution in [3.05, 3.63) is 21.8 Å². The molecule has 0 saturated heterocycles. The number of nitrogens with one attached hydrogen (secondary N) is 1. The minimum absolute atomic E-state index is 0.481. The second-order valence-electron chi connectivity index (χ2n) is 5.84. The molecule has 1 saturated carbocycles. The second kappa shape index (κ2) is 5.04. The number of rotatable bonds is 2. The van der Waals surface area contributed by atoms with Gasteiger partial charge in [0.25, 0.3) is 0 Å². The Morgan fingerprint density at radius 3 is 2.82 bits per heavy atom. The minimum atomic E-state index is 0.481. The highest BCUT2D eigenvalue weighted by Gasteiger charge is 2.27. The van der Waals surface area contributed by atoms with Crippen LogP contribution in [-0.2, 0) is 0 Å². The fourth-order valence-electron chi connectivity index (χ4n) is 2.69. The number of hydrogen-bond acceptors (Lipinski definition) is 2. The van der Waals surface area contributed by atoms with Crippen LogP contribution in [0.4, 0.5) is 11.4 Å². The highest BCUT2D eigenvalue weighted by atomic mass is 127. The molecule has 1 aromatic rings. The molecule has 17 heavy (non-hydrogen) atoms.